The van der Waals surface area contributed by atoms with E-state index in [1.54, 1.807) is 0 Å². The number of halogens is 1. The molecule has 3 nitrogen and oxygen atoms in total. The van der Waals surface area contributed by atoms with Crippen LogP contribution in [0.3, 0.4) is 0 Å². The third-order valence-electron chi connectivity index (χ3n) is 3.04. The number of benzene rings is 1. The third-order valence-corrected chi connectivity index (χ3v) is 3.37. The minimum Gasteiger partial charge on any atom is -0.324 e. The van der Waals surface area contributed by atoms with Crippen molar-refractivity contribution in [1.29, 1.82) is 0 Å². The van der Waals surface area contributed by atoms with Gasteiger partial charge in [0.05, 0.1) is 5.69 Å². The normalized spacial score (nSPS) is 12.7. The maximum atomic E-state index is 6.27. The molecule has 2 rings (SSSR count). The Kier molecular flexibility index (Phi) is 3.73. The van der Waals surface area contributed by atoms with Crippen LogP contribution in [0.5, 0.6) is 0 Å². The number of hydrogen-bond acceptors (Lipinski definition) is 2. The van der Waals surface area contributed by atoms with E-state index in [0.29, 0.717) is 5.02 Å². The molecule has 0 bridgehead atoms. The summed E-state index contributed by atoms with van der Waals surface area (Å²) < 4.78 is 1.83. The van der Waals surface area contributed by atoms with Crippen LogP contribution in [-0.2, 0) is 13.5 Å². The van der Waals surface area contributed by atoms with Crippen molar-refractivity contribution in [3.8, 4) is 11.1 Å². The Labute approximate surface area is 113 Å². The molecule has 2 N–H and O–H groups in total. The fraction of sp³-hybridized carbons (Fsp3) is 0.357. The second-order valence-corrected chi connectivity index (χ2v) is 4.95. The van der Waals surface area contributed by atoms with Crippen LogP contribution in [0.1, 0.15) is 31.1 Å². The fourth-order valence-corrected chi connectivity index (χ4v) is 2.45. The summed E-state index contributed by atoms with van der Waals surface area (Å²) in [6, 6.07) is 5.97. The first-order valence-electron chi connectivity index (χ1n) is 6.10. The van der Waals surface area contributed by atoms with Crippen molar-refractivity contribution in [2.24, 2.45) is 12.8 Å². The van der Waals surface area contributed by atoms with Gasteiger partial charge in [-0.2, -0.15) is 5.10 Å². The van der Waals surface area contributed by atoms with Crippen LogP contribution >= 0.6 is 11.6 Å². The van der Waals surface area contributed by atoms with Gasteiger partial charge in [0.1, 0.15) is 0 Å². The molecule has 1 heterocycles. The molecule has 96 valence electrons. The van der Waals surface area contributed by atoms with Crippen molar-refractivity contribution in [3.05, 3.63) is 40.7 Å². The molecule has 0 aliphatic carbocycles. The van der Waals surface area contributed by atoms with Crippen molar-refractivity contribution < 1.29 is 0 Å². The molecule has 1 atom stereocenters. The van der Waals surface area contributed by atoms with Crippen LogP contribution in [0.2, 0.25) is 5.02 Å². The zero-order chi connectivity index (χ0) is 13.3. The van der Waals surface area contributed by atoms with Crippen molar-refractivity contribution in [1.82, 2.24) is 9.78 Å². The first-order valence-corrected chi connectivity index (χ1v) is 6.48. The highest BCUT2D eigenvalue weighted by Crippen LogP contribution is 2.29. The summed E-state index contributed by atoms with van der Waals surface area (Å²) in [4.78, 5) is 0. The number of nitrogens with two attached hydrogens (primary N) is 1. The number of hydrogen-bond donors (Lipinski definition) is 1. The van der Waals surface area contributed by atoms with Gasteiger partial charge in [0.2, 0.25) is 0 Å². The molecule has 4 heteroatoms. The van der Waals surface area contributed by atoms with Crippen LogP contribution in [-0.4, -0.2) is 9.78 Å². The van der Waals surface area contributed by atoms with Gasteiger partial charge in [-0.1, -0.05) is 30.7 Å². The standard InChI is InChI=1S/C14H18ClN3/c1-4-14-12(8-18(3)17-14)10-5-6-11(9(2)16)13(15)7-10/h5-9H,4,16H2,1-3H3. The van der Waals surface area contributed by atoms with Crippen LogP contribution in [0.25, 0.3) is 11.1 Å². The molecule has 1 unspecified atom stereocenters. The first kappa shape index (κ1) is 13.1. The first-order chi connectivity index (χ1) is 8.52. The average Bonchev–Trinajstić information content (AvgIpc) is 2.69. The van der Waals surface area contributed by atoms with Gasteiger partial charge in [0.15, 0.2) is 0 Å². The second kappa shape index (κ2) is 5.12. The van der Waals surface area contributed by atoms with Crippen LogP contribution in [0.15, 0.2) is 24.4 Å². The van der Waals surface area contributed by atoms with Gasteiger partial charge in [0.25, 0.3) is 0 Å². The summed E-state index contributed by atoms with van der Waals surface area (Å²) in [5.41, 5.74) is 10.2. The summed E-state index contributed by atoms with van der Waals surface area (Å²) in [7, 11) is 1.93. The number of aryl methyl sites for hydroxylation is 2. The van der Waals surface area contributed by atoms with E-state index in [0.717, 1.165) is 28.8 Å². The van der Waals surface area contributed by atoms with Crippen molar-refractivity contribution in [3.63, 3.8) is 0 Å². The lowest BCUT2D eigenvalue weighted by Crippen LogP contribution is -2.05. The van der Waals surface area contributed by atoms with Crippen molar-refractivity contribution in [2.45, 2.75) is 26.3 Å². The van der Waals surface area contributed by atoms with Gasteiger partial charge in [-0.05, 0) is 30.5 Å². The lowest BCUT2D eigenvalue weighted by Gasteiger charge is -2.10. The topological polar surface area (TPSA) is 43.8 Å². The molecule has 0 amide bonds. The molecule has 0 saturated carbocycles. The molecule has 18 heavy (non-hydrogen) atoms. The van der Waals surface area contributed by atoms with Crippen LogP contribution in [0, 0.1) is 0 Å². The lowest BCUT2D eigenvalue weighted by molar-refractivity contribution is 0.746. The molecule has 1 aromatic carbocycles. The maximum absolute atomic E-state index is 6.27. The summed E-state index contributed by atoms with van der Waals surface area (Å²) in [6.07, 6.45) is 2.93. The zero-order valence-corrected chi connectivity index (χ0v) is 11.7. The molecular formula is C14H18ClN3. The molecule has 0 aliphatic heterocycles. The third kappa shape index (κ3) is 2.42. The minimum atomic E-state index is -0.0499. The van der Waals surface area contributed by atoms with Gasteiger partial charge in [0, 0.05) is 29.9 Å². The highest BCUT2D eigenvalue weighted by Gasteiger charge is 2.11. The fourth-order valence-electron chi connectivity index (χ4n) is 2.10. The Morgan fingerprint density at radius 2 is 2.17 bits per heavy atom. The van der Waals surface area contributed by atoms with Gasteiger partial charge >= 0.3 is 0 Å². The lowest BCUT2D eigenvalue weighted by atomic mass is 10.0. The molecule has 2 aromatic rings. The number of rotatable bonds is 3. The molecule has 0 saturated heterocycles. The predicted molar refractivity (Wildman–Crippen MR) is 75.6 cm³/mol. The number of nitrogens with zero attached hydrogens (tertiary/aromatic N) is 2. The average molecular weight is 264 g/mol. The quantitative estimate of drug-likeness (QED) is 0.923. The highest BCUT2D eigenvalue weighted by molar-refractivity contribution is 6.31. The Morgan fingerprint density at radius 3 is 2.72 bits per heavy atom. The van der Waals surface area contributed by atoms with E-state index in [-0.39, 0.29) is 6.04 Å². The summed E-state index contributed by atoms with van der Waals surface area (Å²) in [5.74, 6) is 0. The van der Waals surface area contributed by atoms with E-state index in [1.807, 2.05) is 37.0 Å². The molecule has 0 radical (unpaired) electrons. The highest BCUT2D eigenvalue weighted by atomic mass is 35.5. The molecule has 0 spiro atoms. The Hall–Kier alpha value is -1.32. The predicted octanol–water partition coefficient (Wildman–Crippen LogP) is 3.32. The Balaban J connectivity index is 2.48. The molecule has 0 aliphatic rings. The van der Waals surface area contributed by atoms with Crippen molar-refractivity contribution in [2.75, 3.05) is 0 Å². The number of aromatic nitrogens is 2. The summed E-state index contributed by atoms with van der Waals surface area (Å²) in [6.45, 7) is 4.03. The van der Waals surface area contributed by atoms with Gasteiger partial charge in [-0.15, -0.1) is 0 Å². The van der Waals surface area contributed by atoms with E-state index in [1.165, 1.54) is 0 Å². The summed E-state index contributed by atoms with van der Waals surface area (Å²) in [5, 5.41) is 5.16. The minimum absolute atomic E-state index is 0.0499. The van der Waals surface area contributed by atoms with Gasteiger partial charge < -0.3 is 5.73 Å². The largest absolute Gasteiger partial charge is 0.324 e. The van der Waals surface area contributed by atoms with E-state index < -0.39 is 0 Å². The molecule has 0 fully saturated rings. The van der Waals surface area contributed by atoms with E-state index in [2.05, 4.69) is 18.1 Å². The van der Waals surface area contributed by atoms with E-state index >= 15 is 0 Å². The molecular weight excluding hydrogens is 246 g/mol. The summed E-state index contributed by atoms with van der Waals surface area (Å²) >= 11 is 6.27. The SMILES string of the molecule is CCc1nn(C)cc1-c1ccc(C(C)N)c(Cl)c1. The Morgan fingerprint density at radius 1 is 1.44 bits per heavy atom. The zero-order valence-electron chi connectivity index (χ0n) is 10.9. The maximum Gasteiger partial charge on any atom is 0.0700 e. The van der Waals surface area contributed by atoms with E-state index in [9.17, 15) is 0 Å². The monoisotopic (exact) mass is 263 g/mol. The smallest absolute Gasteiger partial charge is 0.0700 e. The van der Waals surface area contributed by atoms with Gasteiger partial charge in [-0.25, -0.2) is 0 Å². The Bertz CT molecular complexity index is 558. The second-order valence-electron chi connectivity index (χ2n) is 4.54. The van der Waals surface area contributed by atoms with E-state index in [4.69, 9.17) is 17.3 Å². The van der Waals surface area contributed by atoms with Crippen LogP contribution in [0.4, 0.5) is 0 Å². The van der Waals surface area contributed by atoms with Gasteiger partial charge in [-0.3, -0.25) is 4.68 Å². The van der Waals surface area contributed by atoms with Crippen molar-refractivity contribution >= 4 is 11.6 Å². The van der Waals surface area contributed by atoms with Crippen LogP contribution < -0.4 is 5.73 Å². The molecule has 1 aromatic heterocycles.